The number of carbonyl (C=O) groups is 1. The van der Waals surface area contributed by atoms with Crippen LogP contribution in [-0.4, -0.2) is 50.9 Å². The Kier molecular flexibility index (Phi) is 5.37. The van der Waals surface area contributed by atoms with Gasteiger partial charge in [-0.25, -0.2) is 9.97 Å². The molecule has 1 unspecified atom stereocenters. The lowest BCUT2D eigenvalue weighted by atomic mass is 9.93. The van der Waals surface area contributed by atoms with Crippen molar-refractivity contribution in [1.29, 1.82) is 0 Å². The summed E-state index contributed by atoms with van der Waals surface area (Å²) in [6.07, 6.45) is 5.60. The molecule has 4 rings (SSSR count). The van der Waals surface area contributed by atoms with Gasteiger partial charge in [0.05, 0.1) is 12.8 Å². The van der Waals surface area contributed by atoms with Crippen molar-refractivity contribution in [3.63, 3.8) is 0 Å². The number of rotatable bonds is 4. The van der Waals surface area contributed by atoms with Crippen molar-refractivity contribution in [2.75, 3.05) is 25.5 Å². The number of aromatic nitrogens is 3. The Balaban J connectivity index is 1.64. The largest absolute Gasteiger partial charge is 0.481 e. The number of ether oxygens (including phenoxy) is 1. The second kappa shape index (κ2) is 7.97. The van der Waals surface area contributed by atoms with Crippen molar-refractivity contribution in [2.45, 2.75) is 45.1 Å². The number of anilines is 1. The number of imidazole rings is 1. The highest BCUT2D eigenvalue weighted by atomic mass is 16.5. The molecule has 1 atom stereocenters. The van der Waals surface area contributed by atoms with Gasteiger partial charge in [-0.3, -0.25) is 9.20 Å². The van der Waals surface area contributed by atoms with Gasteiger partial charge >= 0.3 is 0 Å². The van der Waals surface area contributed by atoms with Gasteiger partial charge in [0.15, 0.2) is 0 Å². The predicted octanol–water partition coefficient (Wildman–Crippen LogP) is 3.97. The van der Waals surface area contributed by atoms with Gasteiger partial charge in [-0.15, -0.1) is 0 Å². The first-order valence-electron chi connectivity index (χ1n) is 10.4. The highest BCUT2D eigenvalue weighted by Gasteiger charge is 2.30. The number of likely N-dealkylation sites (tertiary alicyclic amines) is 1. The molecule has 3 aromatic rings. The van der Waals surface area contributed by atoms with E-state index in [1.807, 2.05) is 29.3 Å². The van der Waals surface area contributed by atoms with Crippen molar-refractivity contribution in [3.8, 4) is 5.88 Å². The van der Waals surface area contributed by atoms with E-state index >= 15 is 0 Å². The first-order chi connectivity index (χ1) is 14.4. The van der Waals surface area contributed by atoms with Crippen molar-refractivity contribution < 1.29 is 9.53 Å². The zero-order valence-corrected chi connectivity index (χ0v) is 18.1. The van der Waals surface area contributed by atoms with Gasteiger partial charge in [0, 0.05) is 48.6 Å². The molecule has 0 aromatic carbocycles. The van der Waals surface area contributed by atoms with E-state index in [2.05, 4.69) is 35.5 Å². The van der Waals surface area contributed by atoms with Crippen LogP contribution in [0.5, 0.6) is 5.88 Å². The van der Waals surface area contributed by atoms with E-state index in [0.29, 0.717) is 18.0 Å². The fourth-order valence-corrected chi connectivity index (χ4v) is 4.00. The molecule has 1 aliphatic heterocycles. The number of nitrogens with one attached hydrogen (secondary N) is 1. The van der Waals surface area contributed by atoms with E-state index in [-0.39, 0.29) is 17.4 Å². The molecular formula is C23H29N5O2. The molecule has 30 heavy (non-hydrogen) atoms. The quantitative estimate of drug-likeness (QED) is 0.709. The van der Waals surface area contributed by atoms with Crippen LogP contribution < -0.4 is 10.1 Å². The Morgan fingerprint density at radius 2 is 2.10 bits per heavy atom. The van der Waals surface area contributed by atoms with Crippen LogP contribution in [0.15, 0.2) is 42.7 Å². The molecule has 0 radical (unpaired) electrons. The maximum absolute atomic E-state index is 13.1. The fraction of sp³-hybridized carbons (Fsp3) is 0.435. The summed E-state index contributed by atoms with van der Waals surface area (Å²) in [6, 6.07) is 9.47. The van der Waals surface area contributed by atoms with Gasteiger partial charge in [-0.2, -0.15) is 0 Å². The minimum Gasteiger partial charge on any atom is -0.481 e. The normalized spacial score (nSPS) is 17.2. The summed E-state index contributed by atoms with van der Waals surface area (Å²) in [6.45, 7) is 7.83. The molecule has 158 valence electrons. The van der Waals surface area contributed by atoms with E-state index < -0.39 is 0 Å². The Bertz CT molecular complexity index is 1050. The van der Waals surface area contributed by atoms with Gasteiger partial charge in [0.25, 0.3) is 5.91 Å². The van der Waals surface area contributed by atoms with E-state index in [1.54, 1.807) is 25.4 Å². The molecule has 4 heterocycles. The second-order valence-corrected chi connectivity index (χ2v) is 8.83. The lowest BCUT2D eigenvalue weighted by Gasteiger charge is -2.33. The standard InChI is InChI=1S/C23H29N5O2/c1-23(2,3)26-21-20(25-18-9-5-6-13-28(18)21)17-8-7-12-27(15-17)22(29)16-10-11-24-19(14-16)30-4/h5-6,9-11,13-14,17,26H,7-8,12,15H2,1-4H3. The van der Waals surface area contributed by atoms with Crippen molar-refractivity contribution in [3.05, 3.63) is 54.0 Å². The van der Waals surface area contributed by atoms with Crippen LogP contribution in [-0.2, 0) is 0 Å². The van der Waals surface area contributed by atoms with Crippen molar-refractivity contribution in [2.24, 2.45) is 0 Å². The smallest absolute Gasteiger partial charge is 0.254 e. The summed E-state index contributed by atoms with van der Waals surface area (Å²) in [5, 5.41) is 3.63. The Morgan fingerprint density at radius 1 is 1.27 bits per heavy atom. The number of piperidine rings is 1. The summed E-state index contributed by atoms with van der Waals surface area (Å²) in [7, 11) is 1.56. The number of hydrogen-bond acceptors (Lipinski definition) is 5. The van der Waals surface area contributed by atoms with Crippen LogP contribution >= 0.6 is 0 Å². The van der Waals surface area contributed by atoms with Crippen LogP contribution in [0, 0.1) is 0 Å². The van der Waals surface area contributed by atoms with Gasteiger partial charge in [-0.05, 0) is 51.8 Å². The van der Waals surface area contributed by atoms with E-state index in [0.717, 1.165) is 36.5 Å². The molecule has 7 heteroatoms. The molecule has 7 nitrogen and oxygen atoms in total. The first kappa shape index (κ1) is 20.2. The van der Waals surface area contributed by atoms with Crippen molar-refractivity contribution >= 4 is 17.4 Å². The summed E-state index contributed by atoms with van der Waals surface area (Å²) < 4.78 is 7.28. The molecular weight excluding hydrogens is 378 g/mol. The van der Waals surface area contributed by atoms with Gasteiger partial charge in [0.1, 0.15) is 11.5 Å². The maximum atomic E-state index is 13.1. The monoisotopic (exact) mass is 407 g/mol. The van der Waals surface area contributed by atoms with E-state index in [9.17, 15) is 4.79 Å². The lowest BCUT2D eigenvalue weighted by molar-refractivity contribution is 0.0705. The third kappa shape index (κ3) is 4.10. The maximum Gasteiger partial charge on any atom is 0.254 e. The molecule has 1 N–H and O–H groups in total. The van der Waals surface area contributed by atoms with Crippen LogP contribution in [0.2, 0.25) is 0 Å². The van der Waals surface area contributed by atoms with E-state index in [1.165, 1.54) is 0 Å². The molecule has 3 aromatic heterocycles. The van der Waals surface area contributed by atoms with Crippen LogP contribution in [0.3, 0.4) is 0 Å². The highest BCUT2D eigenvalue weighted by molar-refractivity contribution is 5.94. The van der Waals surface area contributed by atoms with Gasteiger partial charge in [0.2, 0.25) is 5.88 Å². The zero-order chi connectivity index (χ0) is 21.3. The molecule has 0 bridgehead atoms. The van der Waals surface area contributed by atoms with Crippen LogP contribution in [0.1, 0.15) is 55.6 Å². The number of nitrogens with zero attached hydrogens (tertiary/aromatic N) is 4. The molecule has 1 amide bonds. The Hall–Kier alpha value is -3.09. The number of methoxy groups -OCH3 is 1. The van der Waals surface area contributed by atoms with E-state index in [4.69, 9.17) is 9.72 Å². The molecule has 0 aliphatic carbocycles. The molecule has 0 spiro atoms. The summed E-state index contributed by atoms with van der Waals surface area (Å²) >= 11 is 0. The molecule has 0 saturated carbocycles. The SMILES string of the molecule is COc1cc(C(=O)N2CCCC(c3nc4ccccn4c3NC(C)(C)C)C2)ccn1. The topological polar surface area (TPSA) is 71.8 Å². The number of amides is 1. The average Bonchev–Trinajstić information content (AvgIpc) is 3.10. The number of fused-ring (bicyclic) bond motifs is 1. The van der Waals surface area contributed by atoms with Crippen LogP contribution in [0.4, 0.5) is 5.82 Å². The van der Waals surface area contributed by atoms with Crippen molar-refractivity contribution in [1.82, 2.24) is 19.3 Å². The van der Waals surface area contributed by atoms with Gasteiger partial charge in [-0.1, -0.05) is 6.07 Å². The fourth-order valence-electron chi connectivity index (χ4n) is 4.00. The Labute approximate surface area is 177 Å². The third-order valence-corrected chi connectivity index (χ3v) is 5.34. The second-order valence-electron chi connectivity index (χ2n) is 8.83. The zero-order valence-electron chi connectivity index (χ0n) is 18.1. The minimum absolute atomic E-state index is 0.00879. The highest BCUT2D eigenvalue weighted by Crippen LogP contribution is 2.34. The number of carbonyl (C=O) groups excluding carboxylic acids is 1. The molecule has 1 saturated heterocycles. The minimum atomic E-state index is -0.0989. The molecule has 1 fully saturated rings. The Morgan fingerprint density at radius 3 is 2.87 bits per heavy atom. The third-order valence-electron chi connectivity index (χ3n) is 5.34. The number of pyridine rings is 2. The predicted molar refractivity (Wildman–Crippen MR) is 117 cm³/mol. The first-order valence-corrected chi connectivity index (χ1v) is 10.4. The number of hydrogen-bond donors (Lipinski definition) is 1. The molecule has 1 aliphatic rings. The van der Waals surface area contributed by atoms with Crippen LogP contribution in [0.25, 0.3) is 5.65 Å². The lowest BCUT2D eigenvalue weighted by Crippen LogP contribution is -2.39. The average molecular weight is 408 g/mol. The summed E-state index contributed by atoms with van der Waals surface area (Å²) in [4.78, 5) is 24.1. The summed E-state index contributed by atoms with van der Waals surface area (Å²) in [5.41, 5.74) is 2.45. The summed E-state index contributed by atoms with van der Waals surface area (Å²) in [5.74, 6) is 1.65. The van der Waals surface area contributed by atoms with Gasteiger partial charge < -0.3 is 15.0 Å².